The molecule has 0 aromatic carbocycles. The molecule has 136 valence electrons. The summed E-state index contributed by atoms with van der Waals surface area (Å²) >= 11 is 0. The third-order valence-electron chi connectivity index (χ3n) is 6.16. The van der Waals surface area contributed by atoms with E-state index in [4.69, 9.17) is 4.74 Å². The summed E-state index contributed by atoms with van der Waals surface area (Å²) in [5.74, 6) is 1.26. The number of rotatable bonds is 5. The summed E-state index contributed by atoms with van der Waals surface area (Å²) in [5.41, 5.74) is 1.33. The molecule has 1 amide bonds. The molecule has 0 spiro atoms. The second-order valence-corrected chi connectivity index (χ2v) is 7.86. The summed E-state index contributed by atoms with van der Waals surface area (Å²) in [6.45, 7) is 3.46. The highest BCUT2D eigenvalue weighted by Gasteiger charge is 2.34. The molecule has 5 nitrogen and oxygen atoms in total. The number of carbonyl (C=O) groups is 1. The number of ether oxygens (including phenoxy) is 1. The summed E-state index contributed by atoms with van der Waals surface area (Å²) in [7, 11) is 0. The van der Waals surface area contributed by atoms with Gasteiger partial charge in [0, 0.05) is 49.4 Å². The van der Waals surface area contributed by atoms with Crippen LogP contribution in [0.1, 0.15) is 37.7 Å². The molecule has 0 bridgehead atoms. The number of nitrogens with zero attached hydrogens (tertiary/aromatic N) is 2. The molecule has 3 heterocycles. The maximum Gasteiger partial charge on any atom is 0.225 e. The molecule has 3 aliphatic rings. The number of aromatic nitrogens is 1. The molecule has 2 saturated heterocycles. The average Bonchev–Trinajstić information content (AvgIpc) is 3.02. The minimum absolute atomic E-state index is 0.331. The van der Waals surface area contributed by atoms with Crippen LogP contribution >= 0.6 is 0 Å². The molecule has 0 radical (unpaired) electrons. The molecule has 25 heavy (non-hydrogen) atoms. The van der Waals surface area contributed by atoms with Crippen molar-refractivity contribution in [3.05, 3.63) is 30.1 Å². The van der Waals surface area contributed by atoms with Crippen LogP contribution < -0.4 is 5.32 Å². The van der Waals surface area contributed by atoms with Gasteiger partial charge in [0.25, 0.3) is 0 Å². The molecule has 2 atom stereocenters. The first-order valence-corrected chi connectivity index (χ1v) is 9.81. The van der Waals surface area contributed by atoms with E-state index in [1.165, 1.54) is 12.0 Å². The Labute approximate surface area is 150 Å². The highest BCUT2D eigenvalue weighted by atomic mass is 16.5. The highest BCUT2D eigenvalue weighted by Crippen LogP contribution is 2.29. The van der Waals surface area contributed by atoms with Crippen molar-refractivity contribution in [1.82, 2.24) is 15.2 Å². The Hall–Kier alpha value is -1.46. The van der Waals surface area contributed by atoms with Crippen molar-refractivity contribution < 1.29 is 9.53 Å². The Morgan fingerprint density at radius 3 is 2.60 bits per heavy atom. The van der Waals surface area contributed by atoms with Gasteiger partial charge in [0.15, 0.2) is 0 Å². The van der Waals surface area contributed by atoms with Gasteiger partial charge in [-0.25, -0.2) is 0 Å². The molecule has 1 aromatic heterocycles. The Kier molecular flexibility index (Phi) is 5.32. The van der Waals surface area contributed by atoms with Gasteiger partial charge in [-0.15, -0.1) is 0 Å². The number of pyridine rings is 1. The molecule has 2 unspecified atom stereocenters. The number of hydrogen-bond donors (Lipinski definition) is 1. The molecule has 1 N–H and O–H groups in total. The first-order chi connectivity index (χ1) is 12.3. The zero-order valence-corrected chi connectivity index (χ0v) is 14.9. The zero-order chi connectivity index (χ0) is 17.1. The highest BCUT2D eigenvalue weighted by molar-refractivity contribution is 5.79. The van der Waals surface area contributed by atoms with Crippen molar-refractivity contribution in [3.63, 3.8) is 0 Å². The predicted octanol–water partition coefficient (Wildman–Crippen LogP) is 2.02. The minimum Gasteiger partial charge on any atom is -0.379 e. The Balaban J connectivity index is 1.25. The van der Waals surface area contributed by atoms with Crippen LogP contribution in [0.4, 0.5) is 0 Å². The average molecular weight is 343 g/mol. The third kappa shape index (κ3) is 4.04. The van der Waals surface area contributed by atoms with Gasteiger partial charge in [0.2, 0.25) is 5.91 Å². The standard InChI is InChI=1S/C20H29N3O2/c24-20(16-2-1-3-16)23-10-6-18(7-11-23)22-19-14-25-13-17(19)12-15-4-8-21-9-5-15/h4-5,8-9,16-19,22H,1-3,6-7,10-14H2. The van der Waals surface area contributed by atoms with Gasteiger partial charge in [-0.3, -0.25) is 9.78 Å². The lowest BCUT2D eigenvalue weighted by Gasteiger charge is -2.38. The molecule has 1 aliphatic carbocycles. The van der Waals surface area contributed by atoms with Crippen molar-refractivity contribution in [2.45, 2.75) is 50.6 Å². The van der Waals surface area contributed by atoms with Crippen molar-refractivity contribution in [2.75, 3.05) is 26.3 Å². The molecule has 1 saturated carbocycles. The molecule has 2 aliphatic heterocycles. The summed E-state index contributed by atoms with van der Waals surface area (Å²) in [6, 6.07) is 5.13. The van der Waals surface area contributed by atoms with Gasteiger partial charge in [-0.1, -0.05) is 6.42 Å². The first kappa shape index (κ1) is 17.0. The fourth-order valence-corrected chi connectivity index (χ4v) is 4.29. The lowest BCUT2D eigenvalue weighted by Crippen LogP contribution is -2.51. The molecule has 3 fully saturated rings. The van der Waals surface area contributed by atoms with E-state index in [0.29, 0.717) is 29.8 Å². The van der Waals surface area contributed by atoms with E-state index in [2.05, 4.69) is 27.3 Å². The monoisotopic (exact) mass is 343 g/mol. The quantitative estimate of drug-likeness (QED) is 0.889. The fourth-order valence-electron chi connectivity index (χ4n) is 4.29. The van der Waals surface area contributed by atoms with Crippen LogP contribution in [-0.2, 0) is 16.0 Å². The maximum atomic E-state index is 12.4. The lowest BCUT2D eigenvalue weighted by molar-refractivity contribution is -0.139. The molecule has 5 heteroatoms. The minimum atomic E-state index is 0.331. The second-order valence-electron chi connectivity index (χ2n) is 7.86. The number of piperidine rings is 1. The van der Waals surface area contributed by atoms with E-state index in [0.717, 1.165) is 58.4 Å². The fraction of sp³-hybridized carbons (Fsp3) is 0.700. The topological polar surface area (TPSA) is 54.5 Å². The van der Waals surface area contributed by atoms with E-state index in [-0.39, 0.29) is 0 Å². The second kappa shape index (κ2) is 7.83. The van der Waals surface area contributed by atoms with Gasteiger partial charge < -0.3 is 15.0 Å². The van der Waals surface area contributed by atoms with Gasteiger partial charge >= 0.3 is 0 Å². The Morgan fingerprint density at radius 2 is 1.92 bits per heavy atom. The number of likely N-dealkylation sites (tertiary alicyclic amines) is 1. The van der Waals surface area contributed by atoms with Crippen molar-refractivity contribution in [3.8, 4) is 0 Å². The third-order valence-corrected chi connectivity index (χ3v) is 6.16. The SMILES string of the molecule is O=C(C1CCC1)N1CCC(NC2COCC2Cc2ccncc2)CC1. The Morgan fingerprint density at radius 1 is 1.16 bits per heavy atom. The van der Waals surface area contributed by atoms with Crippen LogP contribution in [0, 0.1) is 11.8 Å². The predicted molar refractivity (Wildman–Crippen MR) is 96.1 cm³/mol. The summed E-state index contributed by atoms with van der Waals surface area (Å²) in [6.07, 6.45) is 10.3. The maximum absolute atomic E-state index is 12.4. The lowest BCUT2D eigenvalue weighted by atomic mass is 9.84. The largest absolute Gasteiger partial charge is 0.379 e. The zero-order valence-electron chi connectivity index (χ0n) is 14.9. The summed E-state index contributed by atoms with van der Waals surface area (Å²) < 4.78 is 5.75. The number of nitrogens with one attached hydrogen (secondary N) is 1. The van der Waals surface area contributed by atoms with Crippen molar-refractivity contribution >= 4 is 5.91 Å². The summed E-state index contributed by atoms with van der Waals surface area (Å²) in [5, 5.41) is 3.83. The van der Waals surface area contributed by atoms with Crippen LogP contribution in [0.5, 0.6) is 0 Å². The van der Waals surface area contributed by atoms with E-state index < -0.39 is 0 Å². The molecule has 1 aromatic rings. The van der Waals surface area contributed by atoms with E-state index in [1.807, 2.05) is 12.4 Å². The molecular formula is C20H29N3O2. The van der Waals surface area contributed by atoms with E-state index in [9.17, 15) is 4.79 Å². The van der Waals surface area contributed by atoms with E-state index >= 15 is 0 Å². The Bertz CT molecular complexity index is 568. The van der Waals surface area contributed by atoms with Crippen LogP contribution in [0.3, 0.4) is 0 Å². The number of carbonyl (C=O) groups excluding carboxylic acids is 1. The molecule has 4 rings (SSSR count). The normalized spacial score (nSPS) is 28.1. The first-order valence-electron chi connectivity index (χ1n) is 9.81. The van der Waals surface area contributed by atoms with Gasteiger partial charge in [-0.2, -0.15) is 0 Å². The van der Waals surface area contributed by atoms with Crippen LogP contribution in [-0.4, -0.2) is 54.2 Å². The number of hydrogen-bond acceptors (Lipinski definition) is 4. The van der Waals surface area contributed by atoms with Crippen molar-refractivity contribution in [1.29, 1.82) is 0 Å². The van der Waals surface area contributed by atoms with Crippen LogP contribution in [0.2, 0.25) is 0 Å². The van der Waals surface area contributed by atoms with Gasteiger partial charge in [0.05, 0.1) is 13.2 Å². The van der Waals surface area contributed by atoms with Gasteiger partial charge in [0.1, 0.15) is 0 Å². The smallest absolute Gasteiger partial charge is 0.225 e. The van der Waals surface area contributed by atoms with Crippen LogP contribution in [0.25, 0.3) is 0 Å². The van der Waals surface area contributed by atoms with Gasteiger partial charge in [-0.05, 0) is 49.8 Å². The number of amides is 1. The van der Waals surface area contributed by atoms with E-state index in [1.54, 1.807) is 0 Å². The summed E-state index contributed by atoms with van der Waals surface area (Å²) in [4.78, 5) is 18.6. The van der Waals surface area contributed by atoms with Crippen molar-refractivity contribution in [2.24, 2.45) is 11.8 Å². The van der Waals surface area contributed by atoms with Crippen LogP contribution in [0.15, 0.2) is 24.5 Å². The molecular weight excluding hydrogens is 314 g/mol.